The van der Waals surface area contributed by atoms with Gasteiger partial charge in [-0.3, -0.25) is 0 Å². The third-order valence-corrected chi connectivity index (χ3v) is 3.62. The number of nitrogens with zero attached hydrogens (tertiary/aromatic N) is 3. The van der Waals surface area contributed by atoms with E-state index in [2.05, 4.69) is 44.5 Å². The molecular weight excluding hydrogens is 248 g/mol. The second kappa shape index (κ2) is 6.48. The fraction of sp³-hybridized carbons (Fsp3) is 0.375. The number of rotatable bonds is 2. The monoisotopic (exact) mass is 268 g/mol. The lowest BCUT2D eigenvalue weighted by molar-refractivity contribution is 0.567. The van der Waals surface area contributed by atoms with Gasteiger partial charge in [0.25, 0.3) is 0 Å². The van der Waals surface area contributed by atoms with Gasteiger partial charge >= 0.3 is 0 Å². The first-order valence-corrected chi connectivity index (χ1v) is 7.26. The van der Waals surface area contributed by atoms with Crippen LogP contribution >= 0.6 is 0 Å². The Hall–Kier alpha value is -1.94. The molecular formula is C16H20N4. The van der Waals surface area contributed by atoms with E-state index in [1.807, 2.05) is 6.07 Å². The summed E-state index contributed by atoms with van der Waals surface area (Å²) in [6.45, 7) is 4.47. The second-order valence-corrected chi connectivity index (χ2v) is 5.06. The molecule has 1 saturated heterocycles. The van der Waals surface area contributed by atoms with Crippen LogP contribution in [0.2, 0.25) is 0 Å². The number of nitrogens with one attached hydrogen (secondary N) is 1. The van der Waals surface area contributed by atoms with Crippen molar-refractivity contribution in [1.82, 2.24) is 15.3 Å². The van der Waals surface area contributed by atoms with Crippen molar-refractivity contribution in [3.63, 3.8) is 0 Å². The summed E-state index contributed by atoms with van der Waals surface area (Å²) in [6, 6.07) is 10.4. The summed E-state index contributed by atoms with van der Waals surface area (Å²) in [6.07, 6.45) is 5.95. The van der Waals surface area contributed by atoms with E-state index in [1.54, 1.807) is 12.4 Å². The van der Waals surface area contributed by atoms with Gasteiger partial charge in [0.2, 0.25) is 0 Å². The lowest BCUT2D eigenvalue weighted by Gasteiger charge is -2.27. The molecule has 1 fully saturated rings. The molecule has 3 rings (SSSR count). The highest BCUT2D eigenvalue weighted by Gasteiger charge is 2.09. The maximum atomic E-state index is 4.29. The highest BCUT2D eigenvalue weighted by atomic mass is 15.1. The van der Waals surface area contributed by atoms with Crippen LogP contribution in [0, 0.1) is 0 Å². The van der Waals surface area contributed by atoms with Crippen LogP contribution in [0.3, 0.4) is 0 Å². The normalized spacial score (nSPS) is 16.5. The average Bonchev–Trinajstić information content (AvgIpc) is 2.48. The van der Waals surface area contributed by atoms with Crippen molar-refractivity contribution in [1.29, 1.82) is 0 Å². The van der Waals surface area contributed by atoms with Gasteiger partial charge in [-0.25, -0.2) is 9.97 Å². The highest BCUT2D eigenvalue weighted by molar-refractivity contribution is 5.60. The Labute approximate surface area is 119 Å². The van der Waals surface area contributed by atoms with Gasteiger partial charge in [0.05, 0.1) is 0 Å². The molecule has 1 aliphatic heterocycles. The summed E-state index contributed by atoms with van der Waals surface area (Å²) < 4.78 is 0. The van der Waals surface area contributed by atoms with Gasteiger partial charge < -0.3 is 10.2 Å². The molecule has 0 radical (unpaired) electrons. The molecule has 4 heteroatoms. The molecule has 2 aromatic rings. The molecule has 0 atom stereocenters. The number of benzene rings is 1. The fourth-order valence-corrected chi connectivity index (χ4v) is 2.55. The van der Waals surface area contributed by atoms with E-state index in [9.17, 15) is 0 Å². The smallest absolute Gasteiger partial charge is 0.159 e. The van der Waals surface area contributed by atoms with E-state index in [4.69, 9.17) is 0 Å². The van der Waals surface area contributed by atoms with E-state index in [0.29, 0.717) is 0 Å². The van der Waals surface area contributed by atoms with Crippen LogP contribution in [-0.2, 0) is 0 Å². The van der Waals surface area contributed by atoms with Crippen LogP contribution in [0.25, 0.3) is 11.4 Å². The topological polar surface area (TPSA) is 41.1 Å². The van der Waals surface area contributed by atoms with Crippen molar-refractivity contribution in [3.05, 3.63) is 42.7 Å². The van der Waals surface area contributed by atoms with E-state index in [0.717, 1.165) is 37.6 Å². The molecule has 104 valence electrons. The molecule has 0 spiro atoms. The van der Waals surface area contributed by atoms with Crippen LogP contribution in [0.1, 0.15) is 12.8 Å². The van der Waals surface area contributed by atoms with Crippen molar-refractivity contribution in [2.24, 2.45) is 0 Å². The van der Waals surface area contributed by atoms with Gasteiger partial charge in [0, 0.05) is 36.7 Å². The number of aromatic nitrogens is 2. The van der Waals surface area contributed by atoms with Crippen molar-refractivity contribution in [3.8, 4) is 11.4 Å². The Morgan fingerprint density at radius 1 is 0.900 bits per heavy atom. The molecule has 1 N–H and O–H groups in total. The summed E-state index contributed by atoms with van der Waals surface area (Å²) in [7, 11) is 0. The Kier molecular flexibility index (Phi) is 4.23. The van der Waals surface area contributed by atoms with Crippen LogP contribution in [0.15, 0.2) is 42.7 Å². The predicted molar refractivity (Wildman–Crippen MR) is 81.8 cm³/mol. The third kappa shape index (κ3) is 3.14. The number of hydrogen-bond acceptors (Lipinski definition) is 4. The number of hydrogen-bond donors (Lipinski definition) is 1. The maximum Gasteiger partial charge on any atom is 0.159 e. The van der Waals surface area contributed by atoms with Crippen LogP contribution in [0.5, 0.6) is 0 Å². The summed E-state index contributed by atoms with van der Waals surface area (Å²) in [4.78, 5) is 11.0. The van der Waals surface area contributed by atoms with Gasteiger partial charge in [0.15, 0.2) is 5.82 Å². The lowest BCUT2D eigenvalue weighted by Crippen LogP contribution is -2.33. The molecule has 0 aliphatic carbocycles. The SMILES string of the molecule is c1cnc(-c2ccc(N3CCCNCCC3)cc2)nc1. The van der Waals surface area contributed by atoms with Gasteiger partial charge in [0.1, 0.15) is 0 Å². The predicted octanol–water partition coefficient (Wildman–Crippen LogP) is 2.33. The molecule has 0 amide bonds. The van der Waals surface area contributed by atoms with E-state index in [-0.39, 0.29) is 0 Å². The minimum absolute atomic E-state index is 0.788. The zero-order chi connectivity index (χ0) is 13.6. The zero-order valence-corrected chi connectivity index (χ0v) is 11.6. The molecule has 4 nitrogen and oxygen atoms in total. The van der Waals surface area contributed by atoms with E-state index in [1.165, 1.54) is 18.5 Å². The quantitative estimate of drug-likeness (QED) is 0.907. The third-order valence-electron chi connectivity index (χ3n) is 3.62. The summed E-state index contributed by atoms with van der Waals surface area (Å²) >= 11 is 0. The first kappa shape index (κ1) is 13.1. The number of anilines is 1. The molecule has 0 saturated carbocycles. The van der Waals surface area contributed by atoms with Gasteiger partial charge in [-0.1, -0.05) is 0 Å². The standard InChI is InChI=1S/C16H20N4/c1-10-18-16(19-11-1)14-4-6-15(7-5-14)20-12-2-8-17-9-3-13-20/h1,4-7,10-11,17H,2-3,8-9,12-13H2. The van der Waals surface area contributed by atoms with Gasteiger partial charge in [-0.05, 0) is 56.3 Å². The first-order chi connectivity index (χ1) is 9.93. The Morgan fingerprint density at radius 3 is 2.20 bits per heavy atom. The summed E-state index contributed by atoms with van der Waals surface area (Å²) in [5.74, 6) is 0.788. The summed E-state index contributed by atoms with van der Waals surface area (Å²) in [5.41, 5.74) is 2.37. The van der Waals surface area contributed by atoms with E-state index >= 15 is 0 Å². The lowest BCUT2D eigenvalue weighted by atomic mass is 10.1. The Bertz CT molecular complexity index is 516. The maximum absolute atomic E-state index is 4.29. The van der Waals surface area contributed by atoms with Crippen molar-refractivity contribution in [2.75, 3.05) is 31.1 Å². The zero-order valence-electron chi connectivity index (χ0n) is 11.6. The van der Waals surface area contributed by atoms with Crippen molar-refractivity contribution < 1.29 is 0 Å². The minimum Gasteiger partial charge on any atom is -0.371 e. The molecule has 20 heavy (non-hydrogen) atoms. The molecule has 0 bridgehead atoms. The van der Waals surface area contributed by atoms with Gasteiger partial charge in [-0.15, -0.1) is 0 Å². The average molecular weight is 268 g/mol. The molecule has 2 heterocycles. The molecule has 1 aromatic carbocycles. The van der Waals surface area contributed by atoms with Crippen LogP contribution < -0.4 is 10.2 Å². The van der Waals surface area contributed by atoms with Crippen molar-refractivity contribution >= 4 is 5.69 Å². The van der Waals surface area contributed by atoms with Crippen LogP contribution in [-0.4, -0.2) is 36.1 Å². The summed E-state index contributed by atoms with van der Waals surface area (Å²) in [5, 5.41) is 3.45. The van der Waals surface area contributed by atoms with Crippen molar-refractivity contribution in [2.45, 2.75) is 12.8 Å². The minimum atomic E-state index is 0.788. The molecule has 0 unspecified atom stereocenters. The Balaban J connectivity index is 1.75. The second-order valence-electron chi connectivity index (χ2n) is 5.06. The van der Waals surface area contributed by atoms with Crippen LogP contribution in [0.4, 0.5) is 5.69 Å². The van der Waals surface area contributed by atoms with Gasteiger partial charge in [-0.2, -0.15) is 0 Å². The molecule has 1 aromatic heterocycles. The molecule has 1 aliphatic rings. The highest BCUT2D eigenvalue weighted by Crippen LogP contribution is 2.21. The first-order valence-electron chi connectivity index (χ1n) is 7.26. The van der Waals surface area contributed by atoms with E-state index < -0.39 is 0 Å². The fourth-order valence-electron chi connectivity index (χ4n) is 2.55. The Morgan fingerprint density at radius 2 is 1.55 bits per heavy atom. The largest absolute Gasteiger partial charge is 0.371 e.